The summed E-state index contributed by atoms with van der Waals surface area (Å²) in [6, 6.07) is 4.45. The Morgan fingerprint density at radius 2 is 1.94 bits per heavy atom. The van der Waals surface area contributed by atoms with Crippen LogP contribution in [0.4, 0.5) is 16.2 Å². The van der Waals surface area contributed by atoms with Gasteiger partial charge >= 0.3 is 6.03 Å². The Kier molecular flexibility index (Phi) is 4.58. The van der Waals surface area contributed by atoms with Gasteiger partial charge in [-0.25, -0.2) is 10.3 Å². The average Bonchev–Trinajstić information content (AvgIpc) is 2.29. The first-order chi connectivity index (χ1) is 8.49. The fraction of sp³-hybridized carbons (Fsp3) is 0.111. The highest BCUT2D eigenvalue weighted by Gasteiger charge is 2.06. The molecular weight excluding hydrogens is 244 g/mol. The molecular formula is C9H10N4O5. The Labute approximate surface area is 101 Å². The molecule has 18 heavy (non-hydrogen) atoms. The normalized spacial score (nSPS) is 9.56. The first kappa shape index (κ1) is 13.4. The van der Waals surface area contributed by atoms with Gasteiger partial charge in [-0.05, 0) is 12.1 Å². The maximum Gasteiger partial charge on any atom is 0.343 e. The Balaban J connectivity index is 2.44. The summed E-state index contributed by atoms with van der Waals surface area (Å²) < 4.78 is 0. The number of hydroxylamine groups is 1. The third-order valence-corrected chi connectivity index (χ3v) is 1.72. The van der Waals surface area contributed by atoms with Crippen LogP contribution in [0.1, 0.15) is 0 Å². The van der Waals surface area contributed by atoms with Crippen LogP contribution in [0.25, 0.3) is 0 Å². The zero-order valence-corrected chi connectivity index (χ0v) is 9.08. The number of non-ortho nitro benzene ring substituents is 1. The molecule has 0 aliphatic rings. The van der Waals surface area contributed by atoms with Crippen molar-refractivity contribution in [3.05, 3.63) is 34.4 Å². The number of benzene rings is 1. The molecule has 0 saturated carbocycles. The zero-order chi connectivity index (χ0) is 13.5. The van der Waals surface area contributed by atoms with Crippen molar-refractivity contribution in [2.75, 3.05) is 11.9 Å². The standard InChI is InChI=1S/C9H10N4O5/c10-8(14)5-18-12-9(15)11-6-1-3-7(4-2-6)13(16)17/h1-4H,5H2,(H2,10,14)(H2,11,12,15). The largest absolute Gasteiger partial charge is 0.368 e. The molecule has 0 saturated heterocycles. The molecule has 1 rings (SSSR count). The molecule has 0 heterocycles. The van der Waals surface area contributed by atoms with Gasteiger partial charge in [0.05, 0.1) is 4.92 Å². The third kappa shape index (κ3) is 4.45. The molecule has 0 aliphatic carbocycles. The number of carbonyl (C=O) groups is 2. The predicted octanol–water partition coefficient (Wildman–Crippen LogP) is 0.133. The highest BCUT2D eigenvalue weighted by molar-refractivity contribution is 5.88. The number of nitro groups is 1. The van der Waals surface area contributed by atoms with E-state index in [1.54, 1.807) is 0 Å². The van der Waals surface area contributed by atoms with Crippen molar-refractivity contribution in [3.8, 4) is 0 Å². The number of rotatable bonds is 5. The fourth-order valence-electron chi connectivity index (χ4n) is 0.996. The highest BCUT2D eigenvalue weighted by atomic mass is 16.7. The molecule has 0 unspecified atom stereocenters. The van der Waals surface area contributed by atoms with Gasteiger partial charge in [-0.3, -0.25) is 19.7 Å². The molecule has 0 fully saturated rings. The van der Waals surface area contributed by atoms with Gasteiger partial charge in [0.15, 0.2) is 6.61 Å². The van der Waals surface area contributed by atoms with Crippen LogP contribution in [-0.2, 0) is 9.63 Å². The van der Waals surface area contributed by atoms with E-state index >= 15 is 0 Å². The van der Waals surface area contributed by atoms with Gasteiger partial charge in [-0.15, -0.1) is 0 Å². The molecule has 1 aromatic carbocycles. The molecule has 0 radical (unpaired) electrons. The minimum atomic E-state index is -0.731. The van der Waals surface area contributed by atoms with Crippen LogP contribution in [-0.4, -0.2) is 23.5 Å². The van der Waals surface area contributed by atoms with Gasteiger partial charge in [-0.1, -0.05) is 0 Å². The number of anilines is 1. The van der Waals surface area contributed by atoms with E-state index in [2.05, 4.69) is 10.2 Å². The highest BCUT2D eigenvalue weighted by Crippen LogP contribution is 2.14. The second-order valence-electron chi connectivity index (χ2n) is 3.12. The number of nitrogens with one attached hydrogen (secondary N) is 2. The van der Waals surface area contributed by atoms with Crippen LogP contribution in [0.2, 0.25) is 0 Å². The summed E-state index contributed by atoms with van der Waals surface area (Å²) >= 11 is 0. The number of amides is 3. The lowest BCUT2D eigenvalue weighted by Gasteiger charge is -2.06. The summed E-state index contributed by atoms with van der Waals surface area (Å²) in [6.45, 7) is -0.451. The molecule has 0 atom stereocenters. The molecule has 9 nitrogen and oxygen atoms in total. The zero-order valence-electron chi connectivity index (χ0n) is 9.08. The topological polar surface area (TPSA) is 137 Å². The van der Waals surface area contributed by atoms with E-state index in [9.17, 15) is 19.7 Å². The van der Waals surface area contributed by atoms with Crippen LogP contribution in [0, 0.1) is 10.1 Å². The van der Waals surface area contributed by atoms with Crippen LogP contribution < -0.4 is 16.5 Å². The van der Waals surface area contributed by atoms with E-state index in [4.69, 9.17) is 5.73 Å². The predicted molar refractivity (Wildman–Crippen MR) is 60.4 cm³/mol. The molecule has 1 aromatic rings. The summed E-state index contributed by atoms with van der Waals surface area (Å²) in [7, 11) is 0. The van der Waals surface area contributed by atoms with Gasteiger partial charge < -0.3 is 11.1 Å². The fourth-order valence-corrected chi connectivity index (χ4v) is 0.996. The van der Waals surface area contributed by atoms with Crippen molar-refractivity contribution in [1.82, 2.24) is 5.48 Å². The van der Waals surface area contributed by atoms with E-state index in [0.29, 0.717) is 5.69 Å². The second kappa shape index (κ2) is 6.15. The number of nitrogens with two attached hydrogens (primary N) is 1. The smallest absolute Gasteiger partial charge is 0.343 e. The first-order valence-corrected chi connectivity index (χ1v) is 4.70. The van der Waals surface area contributed by atoms with Crippen molar-refractivity contribution in [1.29, 1.82) is 0 Å². The number of nitro benzene ring substituents is 1. The lowest BCUT2D eigenvalue weighted by atomic mass is 10.3. The monoisotopic (exact) mass is 254 g/mol. The molecule has 0 spiro atoms. The maximum atomic E-state index is 11.2. The average molecular weight is 254 g/mol. The van der Waals surface area contributed by atoms with Crippen LogP contribution in [0.15, 0.2) is 24.3 Å². The Bertz CT molecular complexity index is 459. The van der Waals surface area contributed by atoms with Crippen molar-refractivity contribution in [3.63, 3.8) is 0 Å². The van der Waals surface area contributed by atoms with Gasteiger partial charge in [0.1, 0.15) is 0 Å². The van der Waals surface area contributed by atoms with E-state index in [-0.39, 0.29) is 5.69 Å². The van der Waals surface area contributed by atoms with E-state index < -0.39 is 23.5 Å². The van der Waals surface area contributed by atoms with E-state index in [0.717, 1.165) is 0 Å². The summed E-state index contributed by atoms with van der Waals surface area (Å²) in [5.41, 5.74) is 6.93. The lowest BCUT2D eigenvalue weighted by molar-refractivity contribution is -0.384. The molecule has 96 valence electrons. The van der Waals surface area contributed by atoms with Crippen LogP contribution >= 0.6 is 0 Å². The quantitative estimate of drug-likeness (QED) is 0.506. The van der Waals surface area contributed by atoms with Crippen LogP contribution in [0.5, 0.6) is 0 Å². The van der Waals surface area contributed by atoms with Crippen LogP contribution in [0.3, 0.4) is 0 Å². The maximum absolute atomic E-state index is 11.2. The Morgan fingerprint density at radius 3 is 2.44 bits per heavy atom. The Hall–Kier alpha value is -2.68. The minimum absolute atomic E-state index is 0.0917. The van der Waals surface area contributed by atoms with E-state index in [1.165, 1.54) is 24.3 Å². The molecule has 9 heteroatoms. The molecule has 3 amide bonds. The van der Waals surface area contributed by atoms with Gasteiger partial charge in [0, 0.05) is 17.8 Å². The molecule has 0 aromatic heterocycles. The second-order valence-corrected chi connectivity index (χ2v) is 3.12. The Morgan fingerprint density at radius 1 is 1.33 bits per heavy atom. The minimum Gasteiger partial charge on any atom is -0.368 e. The molecule has 0 bridgehead atoms. The van der Waals surface area contributed by atoms with Gasteiger partial charge in [0.25, 0.3) is 5.69 Å². The first-order valence-electron chi connectivity index (χ1n) is 4.70. The number of nitrogens with zero attached hydrogens (tertiary/aromatic N) is 1. The summed E-state index contributed by atoms with van der Waals surface area (Å²) in [6.07, 6.45) is 0. The van der Waals surface area contributed by atoms with Crippen molar-refractivity contribution in [2.45, 2.75) is 0 Å². The number of hydrogen-bond donors (Lipinski definition) is 3. The molecule has 4 N–H and O–H groups in total. The summed E-state index contributed by atoms with van der Waals surface area (Å²) in [5.74, 6) is -0.731. The third-order valence-electron chi connectivity index (χ3n) is 1.72. The van der Waals surface area contributed by atoms with Crippen molar-refractivity contribution in [2.24, 2.45) is 5.73 Å². The summed E-state index contributed by atoms with van der Waals surface area (Å²) in [4.78, 5) is 35.8. The summed E-state index contributed by atoms with van der Waals surface area (Å²) in [5, 5.41) is 12.7. The SMILES string of the molecule is NC(=O)CONC(=O)Nc1ccc([N+](=O)[O-])cc1. The number of urea groups is 1. The number of hydrogen-bond acceptors (Lipinski definition) is 5. The molecule has 0 aliphatic heterocycles. The van der Waals surface area contributed by atoms with Crippen molar-refractivity contribution >= 4 is 23.3 Å². The lowest BCUT2D eigenvalue weighted by Crippen LogP contribution is -2.32. The number of carbonyl (C=O) groups excluding carboxylic acids is 2. The van der Waals surface area contributed by atoms with Gasteiger partial charge in [-0.2, -0.15) is 0 Å². The van der Waals surface area contributed by atoms with Crippen molar-refractivity contribution < 1.29 is 19.3 Å². The number of primary amides is 1. The van der Waals surface area contributed by atoms with E-state index in [1.807, 2.05) is 5.48 Å². The van der Waals surface area contributed by atoms with Gasteiger partial charge in [0.2, 0.25) is 5.91 Å².